The van der Waals surface area contributed by atoms with E-state index in [9.17, 15) is 9.59 Å². The van der Waals surface area contributed by atoms with Crippen LogP contribution in [0.3, 0.4) is 0 Å². The number of carbonyl (C=O) groups is 2. The average molecular weight is 263 g/mol. The van der Waals surface area contributed by atoms with Crippen LogP contribution in [0.5, 0.6) is 0 Å². The summed E-state index contributed by atoms with van der Waals surface area (Å²) < 4.78 is 5.30. The Balaban J connectivity index is 2.11. The third-order valence-corrected chi connectivity index (χ3v) is 3.08. The van der Waals surface area contributed by atoms with Crippen molar-refractivity contribution in [3.8, 4) is 0 Å². The van der Waals surface area contributed by atoms with E-state index in [0.717, 1.165) is 25.0 Å². The lowest BCUT2D eigenvalue weighted by atomic mass is 10.0. The fourth-order valence-corrected chi connectivity index (χ4v) is 2.16. The molecule has 1 aliphatic rings. The van der Waals surface area contributed by atoms with E-state index < -0.39 is 5.97 Å². The minimum atomic E-state index is -1.03. The molecule has 102 valence electrons. The van der Waals surface area contributed by atoms with Crippen LogP contribution < -0.4 is 5.32 Å². The number of aryl methyl sites for hydroxylation is 1. The summed E-state index contributed by atoms with van der Waals surface area (Å²) in [7, 11) is 0. The van der Waals surface area contributed by atoms with Gasteiger partial charge < -0.3 is 15.2 Å². The van der Waals surface area contributed by atoms with Crippen molar-refractivity contribution in [3.05, 3.63) is 34.9 Å². The normalized spacial score (nSPS) is 18.9. The van der Waals surface area contributed by atoms with Gasteiger partial charge in [-0.15, -0.1) is 0 Å². The number of hydrogen-bond acceptors (Lipinski definition) is 3. The van der Waals surface area contributed by atoms with E-state index in [1.807, 2.05) is 0 Å². The molecule has 0 saturated carbocycles. The molecule has 1 unspecified atom stereocenters. The zero-order valence-electron chi connectivity index (χ0n) is 10.8. The van der Waals surface area contributed by atoms with Crippen LogP contribution in [0.2, 0.25) is 0 Å². The number of carbonyl (C=O) groups excluding carboxylic acids is 1. The Morgan fingerprint density at radius 2 is 2.05 bits per heavy atom. The maximum atomic E-state index is 12.1. The van der Waals surface area contributed by atoms with Crippen LogP contribution in [0.4, 0.5) is 0 Å². The van der Waals surface area contributed by atoms with Crippen molar-refractivity contribution in [2.75, 3.05) is 13.2 Å². The highest BCUT2D eigenvalue weighted by Crippen LogP contribution is 2.12. The van der Waals surface area contributed by atoms with Crippen LogP contribution in [-0.2, 0) is 4.74 Å². The van der Waals surface area contributed by atoms with Gasteiger partial charge in [-0.25, -0.2) is 4.79 Å². The van der Waals surface area contributed by atoms with Gasteiger partial charge in [-0.05, 0) is 43.5 Å². The van der Waals surface area contributed by atoms with Gasteiger partial charge in [0.25, 0.3) is 5.91 Å². The van der Waals surface area contributed by atoms with Crippen molar-refractivity contribution < 1.29 is 19.4 Å². The average Bonchev–Trinajstić information content (AvgIpc) is 2.39. The molecule has 2 N–H and O–H groups in total. The van der Waals surface area contributed by atoms with Crippen LogP contribution >= 0.6 is 0 Å². The summed E-state index contributed by atoms with van der Waals surface area (Å²) in [4.78, 5) is 23.0. The Morgan fingerprint density at radius 3 is 2.68 bits per heavy atom. The number of ether oxygens (including phenoxy) is 1. The summed E-state index contributed by atoms with van der Waals surface area (Å²) in [5.41, 5.74) is 1.26. The first-order chi connectivity index (χ1) is 9.06. The van der Waals surface area contributed by atoms with E-state index in [1.165, 1.54) is 6.07 Å². The minimum absolute atomic E-state index is 0.00930. The minimum Gasteiger partial charge on any atom is -0.478 e. The van der Waals surface area contributed by atoms with Crippen molar-refractivity contribution in [1.29, 1.82) is 0 Å². The number of benzene rings is 1. The van der Waals surface area contributed by atoms with E-state index in [0.29, 0.717) is 12.2 Å². The molecular weight excluding hydrogens is 246 g/mol. The number of nitrogens with one attached hydrogen (secondary N) is 1. The fourth-order valence-electron chi connectivity index (χ4n) is 2.16. The molecule has 0 aliphatic carbocycles. The van der Waals surface area contributed by atoms with Crippen molar-refractivity contribution in [1.82, 2.24) is 5.32 Å². The zero-order chi connectivity index (χ0) is 13.8. The van der Waals surface area contributed by atoms with Crippen LogP contribution in [-0.4, -0.2) is 36.2 Å². The number of hydrogen-bond donors (Lipinski definition) is 2. The Kier molecular flexibility index (Phi) is 4.16. The molecule has 0 aromatic heterocycles. The fraction of sp³-hybridized carbons (Fsp3) is 0.429. The standard InChI is InChI=1S/C14H17NO4/c1-9-5-10(7-11(6-9)14(17)18)13(16)15-12-3-2-4-19-8-12/h5-7,12H,2-4,8H2,1H3,(H,15,16)(H,17,18). The Morgan fingerprint density at radius 1 is 1.32 bits per heavy atom. The molecule has 1 saturated heterocycles. The van der Waals surface area contributed by atoms with Crippen LogP contribution in [0.25, 0.3) is 0 Å². The number of carboxylic acid groups (broad SMARTS) is 1. The van der Waals surface area contributed by atoms with Gasteiger partial charge in [-0.3, -0.25) is 4.79 Å². The summed E-state index contributed by atoms with van der Waals surface area (Å²) in [6.45, 7) is 3.02. The van der Waals surface area contributed by atoms with Gasteiger partial charge in [0.05, 0.1) is 18.2 Å². The summed E-state index contributed by atoms with van der Waals surface area (Å²) in [6, 6.07) is 4.64. The van der Waals surface area contributed by atoms with Gasteiger partial charge >= 0.3 is 5.97 Å². The largest absolute Gasteiger partial charge is 0.478 e. The zero-order valence-corrected chi connectivity index (χ0v) is 10.8. The third kappa shape index (κ3) is 3.54. The Labute approximate surface area is 111 Å². The van der Waals surface area contributed by atoms with Gasteiger partial charge in [-0.1, -0.05) is 0 Å². The molecule has 1 heterocycles. The molecular formula is C14H17NO4. The lowest BCUT2D eigenvalue weighted by molar-refractivity contribution is 0.0624. The van der Waals surface area contributed by atoms with Crippen molar-refractivity contribution in [2.24, 2.45) is 0 Å². The van der Waals surface area contributed by atoms with Gasteiger partial charge in [-0.2, -0.15) is 0 Å². The van der Waals surface area contributed by atoms with Gasteiger partial charge in [0, 0.05) is 12.2 Å². The predicted octanol–water partition coefficient (Wildman–Crippen LogP) is 1.60. The maximum absolute atomic E-state index is 12.1. The molecule has 5 heteroatoms. The molecule has 0 bridgehead atoms. The summed E-state index contributed by atoms with van der Waals surface area (Å²) in [6.07, 6.45) is 1.82. The van der Waals surface area contributed by atoms with Gasteiger partial charge in [0.1, 0.15) is 0 Å². The van der Waals surface area contributed by atoms with E-state index in [1.54, 1.807) is 19.1 Å². The third-order valence-electron chi connectivity index (χ3n) is 3.08. The van der Waals surface area contributed by atoms with E-state index in [4.69, 9.17) is 9.84 Å². The lowest BCUT2D eigenvalue weighted by Gasteiger charge is -2.23. The van der Waals surface area contributed by atoms with E-state index in [2.05, 4.69) is 5.32 Å². The van der Waals surface area contributed by atoms with Crippen molar-refractivity contribution >= 4 is 11.9 Å². The first kappa shape index (κ1) is 13.5. The summed E-state index contributed by atoms with van der Waals surface area (Å²) in [5, 5.41) is 11.9. The van der Waals surface area contributed by atoms with Crippen molar-refractivity contribution in [3.63, 3.8) is 0 Å². The second-order valence-corrected chi connectivity index (χ2v) is 4.78. The monoisotopic (exact) mass is 263 g/mol. The predicted molar refractivity (Wildman–Crippen MR) is 69.4 cm³/mol. The molecule has 1 aromatic carbocycles. The number of rotatable bonds is 3. The second kappa shape index (κ2) is 5.84. The lowest BCUT2D eigenvalue weighted by Crippen LogP contribution is -2.40. The first-order valence-corrected chi connectivity index (χ1v) is 6.30. The molecule has 1 aliphatic heterocycles. The van der Waals surface area contributed by atoms with E-state index >= 15 is 0 Å². The SMILES string of the molecule is Cc1cc(C(=O)O)cc(C(=O)NC2CCCOC2)c1. The van der Waals surface area contributed by atoms with Gasteiger partial charge in [0.15, 0.2) is 0 Å². The number of aromatic carboxylic acids is 1. The highest BCUT2D eigenvalue weighted by molar-refractivity contribution is 5.97. The quantitative estimate of drug-likeness (QED) is 0.868. The maximum Gasteiger partial charge on any atom is 0.335 e. The summed E-state index contributed by atoms with van der Waals surface area (Å²) >= 11 is 0. The van der Waals surface area contributed by atoms with Gasteiger partial charge in [0.2, 0.25) is 0 Å². The molecule has 1 aromatic rings. The van der Waals surface area contributed by atoms with Crippen LogP contribution in [0.15, 0.2) is 18.2 Å². The van der Waals surface area contributed by atoms with Crippen molar-refractivity contribution in [2.45, 2.75) is 25.8 Å². The van der Waals surface area contributed by atoms with Crippen LogP contribution in [0, 0.1) is 6.92 Å². The highest BCUT2D eigenvalue weighted by Gasteiger charge is 2.18. The summed E-state index contributed by atoms with van der Waals surface area (Å²) in [5.74, 6) is -1.28. The molecule has 1 fully saturated rings. The smallest absolute Gasteiger partial charge is 0.335 e. The Hall–Kier alpha value is -1.88. The molecule has 2 rings (SSSR count). The molecule has 0 radical (unpaired) electrons. The molecule has 1 amide bonds. The molecule has 5 nitrogen and oxygen atoms in total. The topological polar surface area (TPSA) is 75.6 Å². The Bertz CT molecular complexity index is 492. The molecule has 19 heavy (non-hydrogen) atoms. The highest BCUT2D eigenvalue weighted by atomic mass is 16.5. The molecule has 1 atom stereocenters. The van der Waals surface area contributed by atoms with Crippen LogP contribution in [0.1, 0.15) is 39.1 Å². The number of carboxylic acids is 1. The second-order valence-electron chi connectivity index (χ2n) is 4.78. The first-order valence-electron chi connectivity index (χ1n) is 6.30. The number of amides is 1. The van der Waals surface area contributed by atoms with E-state index in [-0.39, 0.29) is 17.5 Å². The molecule has 0 spiro atoms.